The van der Waals surface area contributed by atoms with E-state index in [1.54, 1.807) is 7.11 Å². The summed E-state index contributed by atoms with van der Waals surface area (Å²) in [6.07, 6.45) is 1.45. The van der Waals surface area contributed by atoms with Crippen LogP contribution < -0.4 is 4.74 Å². The Bertz CT molecular complexity index is 460. The molecule has 0 saturated heterocycles. The van der Waals surface area contributed by atoms with Crippen molar-refractivity contribution in [2.45, 2.75) is 12.8 Å². The Morgan fingerprint density at radius 2 is 2.05 bits per heavy atom. The van der Waals surface area contributed by atoms with Crippen LogP contribution in [0.2, 0.25) is 0 Å². The maximum atomic E-state index is 11.1. The molecule has 0 unspecified atom stereocenters. The molecule has 0 aliphatic heterocycles. The summed E-state index contributed by atoms with van der Waals surface area (Å²) in [5.41, 5.74) is -0.888. The van der Waals surface area contributed by atoms with E-state index in [1.165, 1.54) is 12.1 Å². The number of aromatic carboxylic acids is 1. The zero-order valence-corrected chi connectivity index (χ0v) is 10.5. The summed E-state index contributed by atoms with van der Waals surface area (Å²) in [5, 5.41) is 19.8. The number of hydrogen-bond donors (Lipinski definition) is 1. The lowest BCUT2D eigenvalue weighted by Crippen LogP contribution is -2.08. The Morgan fingerprint density at radius 1 is 1.37 bits per heavy atom. The highest BCUT2D eigenvalue weighted by Crippen LogP contribution is 2.28. The summed E-state index contributed by atoms with van der Waals surface area (Å²) in [6, 6.07) is 3.95. The minimum absolute atomic E-state index is 0.0131. The Labute approximate surface area is 109 Å². The number of carboxylic acids is 1. The highest BCUT2D eigenvalue weighted by atomic mass is 16.6. The third-order valence-corrected chi connectivity index (χ3v) is 2.42. The van der Waals surface area contributed by atoms with E-state index >= 15 is 0 Å². The molecule has 0 aliphatic rings. The van der Waals surface area contributed by atoms with Gasteiger partial charge >= 0.3 is 5.97 Å². The Balaban J connectivity index is 2.80. The zero-order chi connectivity index (χ0) is 14.3. The molecule has 7 heteroatoms. The predicted octanol–water partition coefficient (Wildman–Crippen LogP) is 2.10. The Morgan fingerprint density at radius 3 is 2.63 bits per heavy atom. The molecule has 0 aliphatic carbocycles. The lowest BCUT2D eigenvalue weighted by Gasteiger charge is -2.09. The molecule has 0 radical (unpaired) electrons. The Kier molecular flexibility index (Phi) is 5.74. The lowest BCUT2D eigenvalue weighted by molar-refractivity contribution is -0.385. The maximum absolute atomic E-state index is 11.1. The predicted molar refractivity (Wildman–Crippen MR) is 66.7 cm³/mol. The third-order valence-electron chi connectivity index (χ3n) is 2.42. The van der Waals surface area contributed by atoms with Crippen molar-refractivity contribution in [1.82, 2.24) is 0 Å². The quantitative estimate of drug-likeness (QED) is 0.440. The molecule has 0 aromatic heterocycles. The van der Waals surface area contributed by atoms with Gasteiger partial charge in [0.05, 0.1) is 11.5 Å². The molecule has 1 aromatic rings. The van der Waals surface area contributed by atoms with Gasteiger partial charge in [-0.1, -0.05) is 6.07 Å². The number of ether oxygens (including phenoxy) is 2. The van der Waals surface area contributed by atoms with Crippen LogP contribution in [0.3, 0.4) is 0 Å². The van der Waals surface area contributed by atoms with E-state index in [2.05, 4.69) is 0 Å². The second-order valence-corrected chi connectivity index (χ2v) is 3.76. The number of methoxy groups -OCH3 is 1. The molecule has 1 rings (SSSR count). The average Bonchev–Trinajstić information content (AvgIpc) is 2.37. The van der Waals surface area contributed by atoms with Crippen molar-refractivity contribution < 1.29 is 24.3 Å². The van der Waals surface area contributed by atoms with Gasteiger partial charge in [-0.05, 0) is 18.9 Å². The highest BCUT2D eigenvalue weighted by molar-refractivity contribution is 5.95. The summed E-state index contributed by atoms with van der Waals surface area (Å²) >= 11 is 0. The van der Waals surface area contributed by atoms with Crippen LogP contribution in [-0.2, 0) is 4.74 Å². The molecule has 0 bridgehead atoms. The monoisotopic (exact) mass is 269 g/mol. The van der Waals surface area contributed by atoms with E-state index in [9.17, 15) is 14.9 Å². The van der Waals surface area contributed by atoms with Crippen LogP contribution in [0.4, 0.5) is 5.69 Å². The molecule has 0 spiro atoms. The first-order chi connectivity index (χ1) is 9.07. The first-order valence-corrected chi connectivity index (χ1v) is 5.70. The van der Waals surface area contributed by atoms with E-state index in [1.807, 2.05) is 0 Å². The smallest absolute Gasteiger partial charge is 0.346 e. The number of unbranched alkanes of at least 4 members (excludes halogenated alkanes) is 1. The van der Waals surface area contributed by atoms with Gasteiger partial charge in [0.15, 0.2) is 5.56 Å². The van der Waals surface area contributed by atoms with Crippen LogP contribution in [-0.4, -0.2) is 36.3 Å². The number of hydrogen-bond acceptors (Lipinski definition) is 5. The van der Waals surface area contributed by atoms with Crippen LogP contribution in [0, 0.1) is 10.1 Å². The average molecular weight is 269 g/mol. The highest BCUT2D eigenvalue weighted by Gasteiger charge is 2.24. The summed E-state index contributed by atoms with van der Waals surface area (Å²) in [6.45, 7) is 0.870. The topological polar surface area (TPSA) is 98.9 Å². The van der Waals surface area contributed by atoms with Gasteiger partial charge in [0.2, 0.25) is 0 Å². The number of nitro benzene ring substituents is 1. The molecular weight excluding hydrogens is 254 g/mol. The van der Waals surface area contributed by atoms with Crippen LogP contribution in [0.15, 0.2) is 18.2 Å². The molecule has 0 fully saturated rings. The van der Waals surface area contributed by atoms with Gasteiger partial charge in [0.25, 0.3) is 5.69 Å². The standard InChI is InChI=1S/C12H15NO6/c1-18-7-2-3-8-19-10-6-4-5-9(13(16)17)11(10)12(14)15/h4-6H,2-3,7-8H2,1H3,(H,14,15). The molecule has 0 heterocycles. The van der Waals surface area contributed by atoms with Crippen molar-refractivity contribution in [2.75, 3.05) is 20.3 Å². The van der Waals surface area contributed by atoms with Crippen molar-refractivity contribution in [2.24, 2.45) is 0 Å². The number of rotatable bonds is 8. The second kappa shape index (κ2) is 7.32. The van der Waals surface area contributed by atoms with Crippen molar-refractivity contribution in [1.29, 1.82) is 0 Å². The number of carboxylic acid groups (broad SMARTS) is 1. The van der Waals surface area contributed by atoms with Gasteiger partial charge in [-0.15, -0.1) is 0 Å². The first kappa shape index (κ1) is 14.9. The SMILES string of the molecule is COCCCCOc1cccc([N+](=O)[O-])c1C(=O)O. The van der Waals surface area contributed by atoms with Crippen molar-refractivity contribution in [3.05, 3.63) is 33.9 Å². The van der Waals surface area contributed by atoms with Crippen LogP contribution in [0.25, 0.3) is 0 Å². The molecule has 104 valence electrons. The van der Waals surface area contributed by atoms with E-state index < -0.39 is 22.1 Å². The number of benzene rings is 1. The minimum atomic E-state index is -1.38. The largest absolute Gasteiger partial charge is 0.492 e. The van der Waals surface area contributed by atoms with Crippen molar-refractivity contribution in [3.8, 4) is 5.75 Å². The summed E-state index contributed by atoms with van der Waals surface area (Å²) in [7, 11) is 1.59. The van der Waals surface area contributed by atoms with Gasteiger partial charge in [-0.2, -0.15) is 0 Å². The third kappa shape index (κ3) is 4.22. The molecule has 1 aromatic carbocycles. The molecule has 0 atom stereocenters. The van der Waals surface area contributed by atoms with Crippen LogP contribution in [0.5, 0.6) is 5.75 Å². The second-order valence-electron chi connectivity index (χ2n) is 3.76. The van der Waals surface area contributed by atoms with E-state index in [4.69, 9.17) is 14.6 Å². The minimum Gasteiger partial charge on any atom is -0.492 e. The molecular formula is C12H15NO6. The lowest BCUT2D eigenvalue weighted by atomic mass is 10.1. The van der Waals surface area contributed by atoms with Crippen molar-refractivity contribution in [3.63, 3.8) is 0 Å². The first-order valence-electron chi connectivity index (χ1n) is 5.70. The fraction of sp³-hybridized carbons (Fsp3) is 0.417. The van der Waals surface area contributed by atoms with E-state index in [0.29, 0.717) is 13.0 Å². The fourth-order valence-electron chi connectivity index (χ4n) is 1.54. The summed E-state index contributed by atoms with van der Waals surface area (Å²) < 4.78 is 10.2. The number of nitrogens with zero attached hydrogens (tertiary/aromatic N) is 1. The molecule has 1 N–H and O–H groups in total. The summed E-state index contributed by atoms with van der Waals surface area (Å²) in [4.78, 5) is 21.1. The molecule has 19 heavy (non-hydrogen) atoms. The van der Waals surface area contributed by atoms with Crippen LogP contribution >= 0.6 is 0 Å². The van der Waals surface area contributed by atoms with Gasteiger partial charge in [-0.3, -0.25) is 10.1 Å². The number of nitro groups is 1. The Hall–Kier alpha value is -2.15. The maximum Gasteiger partial charge on any atom is 0.346 e. The van der Waals surface area contributed by atoms with Gasteiger partial charge in [-0.25, -0.2) is 4.79 Å². The van der Waals surface area contributed by atoms with Gasteiger partial charge in [0.1, 0.15) is 5.75 Å². The van der Waals surface area contributed by atoms with Crippen LogP contribution in [0.1, 0.15) is 23.2 Å². The zero-order valence-electron chi connectivity index (χ0n) is 10.5. The molecule has 0 amide bonds. The fourth-order valence-corrected chi connectivity index (χ4v) is 1.54. The molecule has 0 saturated carbocycles. The number of carbonyl (C=O) groups is 1. The molecule has 7 nitrogen and oxygen atoms in total. The van der Waals surface area contributed by atoms with Gasteiger partial charge in [0, 0.05) is 19.8 Å². The normalized spacial score (nSPS) is 10.2. The van der Waals surface area contributed by atoms with E-state index in [-0.39, 0.29) is 12.4 Å². The van der Waals surface area contributed by atoms with Gasteiger partial charge < -0.3 is 14.6 Å². The summed E-state index contributed by atoms with van der Waals surface area (Å²) in [5.74, 6) is -1.36. The van der Waals surface area contributed by atoms with E-state index in [0.717, 1.165) is 12.5 Å². The van der Waals surface area contributed by atoms with Crippen molar-refractivity contribution >= 4 is 11.7 Å².